The Hall–Kier alpha value is -0.760. The number of hydrogen-bond donors (Lipinski definition) is 2. The van der Waals surface area contributed by atoms with Crippen molar-refractivity contribution >= 4 is 27.4 Å². The minimum atomic E-state index is -0.202. The van der Waals surface area contributed by atoms with Gasteiger partial charge in [0.25, 0.3) is 0 Å². The highest BCUT2D eigenvalue weighted by Gasteiger charge is 2.19. The summed E-state index contributed by atoms with van der Waals surface area (Å²) in [6.07, 6.45) is 4.68. The minimum Gasteiger partial charge on any atom is -0.493 e. The average Bonchev–Trinajstić information content (AvgIpc) is 2.56. The first-order valence-electron chi connectivity index (χ1n) is 7.98. The smallest absolute Gasteiger partial charge is 0.133 e. The molecule has 0 atom stereocenters. The lowest BCUT2D eigenvalue weighted by atomic mass is 10.0. The number of pyridine rings is 1. The van der Waals surface area contributed by atoms with Gasteiger partial charge in [-0.2, -0.15) is 0 Å². The molecule has 5 nitrogen and oxygen atoms in total. The van der Waals surface area contributed by atoms with E-state index < -0.39 is 0 Å². The van der Waals surface area contributed by atoms with Crippen LogP contribution in [0.2, 0.25) is 0 Å². The normalized spacial score (nSPS) is 11.5. The molecule has 0 aliphatic carbocycles. The van der Waals surface area contributed by atoms with Crippen molar-refractivity contribution in [2.75, 3.05) is 12.9 Å². The van der Waals surface area contributed by atoms with Crippen molar-refractivity contribution in [1.29, 1.82) is 0 Å². The van der Waals surface area contributed by atoms with Crippen molar-refractivity contribution in [1.82, 2.24) is 4.98 Å². The fraction of sp³-hybridized carbons (Fsp3) is 0.647. The highest BCUT2D eigenvalue weighted by atomic mass is 33.1. The number of aliphatic hydroxyl groups is 2. The molecule has 0 bridgehead atoms. The third kappa shape index (κ3) is 8.37. The van der Waals surface area contributed by atoms with Crippen LogP contribution in [-0.2, 0) is 18.0 Å². The van der Waals surface area contributed by atoms with Gasteiger partial charge in [-0.25, -0.2) is 0 Å². The molecule has 0 radical (unpaired) electrons. The molecule has 136 valence electrons. The fourth-order valence-electron chi connectivity index (χ4n) is 2.16. The maximum atomic E-state index is 12.0. The van der Waals surface area contributed by atoms with E-state index in [4.69, 9.17) is 14.9 Å². The zero-order valence-corrected chi connectivity index (χ0v) is 16.2. The quantitative estimate of drug-likeness (QED) is 0.429. The van der Waals surface area contributed by atoms with Crippen LogP contribution < -0.4 is 4.74 Å². The molecule has 1 aromatic heterocycles. The highest BCUT2D eigenvalue weighted by Crippen LogP contribution is 2.37. The second-order valence-corrected chi connectivity index (χ2v) is 9.21. The lowest BCUT2D eigenvalue weighted by molar-refractivity contribution is -0.119. The van der Waals surface area contributed by atoms with Crippen molar-refractivity contribution in [3.8, 4) is 5.75 Å². The summed E-state index contributed by atoms with van der Waals surface area (Å²) < 4.78 is 5.72. The molecule has 1 aromatic rings. The monoisotopic (exact) mass is 373 g/mol. The van der Waals surface area contributed by atoms with Gasteiger partial charge in [-0.1, -0.05) is 21.6 Å². The van der Waals surface area contributed by atoms with E-state index in [1.807, 2.05) is 0 Å². The van der Waals surface area contributed by atoms with Crippen LogP contribution in [0.25, 0.3) is 0 Å². The lowest BCUT2D eigenvalue weighted by Crippen LogP contribution is -2.15. The Bertz CT molecular complexity index is 501. The Morgan fingerprint density at radius 2 is 1.83 bits per heavy atom. The summed E-state index contributed by atoms with van der Waals surface area (Å²) in [6, 6.07) is 3.28. The zero-order valence-electron chi connectivity index (χ0n) is 14.6. The lowest BCUT2D eigenvalue weighted by Gasteiger charge is -2.21. The number of Topliss-reactive ketones (excluding diaryl/α,β-unsaturated/α-hetero) is 1. The predicted octanol–water partition coefficient (Wildman–Crippen LogP) is 3.36. The molecular formula is C17H27NO4S2. The number of hydrogen-bond acceptors (Lipinski definition) is 7. The van der Waals surface area contributed by atoms with E-state index in [2.05, 4.69) is 25.1 Å². The first-order valence-corrected chi connectivity index (χ1v) is 10.5. The van der Waals surface area contributed by atoms with E-state index in [0.717, 1.165) is 6.42 Å². The van der Waals surface area contributed by atoms with Crippen LogP contribution in [0.4, 0.5) is 0 Å². The van der Waals surface area contributed by atoms with Gasteiger partial charge in [0.15, 0.2) is 0 Å². The second-order valence-electron chi connectivity index (χ2n) is 6.10. The summed E-state index contributed by atoms with van der Waals surface area (Å²) in [5.74, 6) is 0.818. The minimum absolute atomic E-state index is 0.115. The number of aliphatic hydroxyl groups excluding tert-OH is 2. The second kappa shape index (κ2) is 11.0. The van der Waals surface area contributed by atoms with E-state index in [0.29, 0.717) is 43.0 Å². The van der Waals surface area contributed by atoms with Crippen molar-refractivity contribution in [2.45, 2.75) is 57.5 Å². The van der Waals surface area contributed by atoms with Crippen LogP contribution in [0.1, 0.15) is 50.9 Å². The molecule has 0 unspecified atom stereocenters. The van der Waals surface area contributed by atoms with Gasteiger partial charge in [0.2, 0.25) is 0 Å². The number of nitrogens with zero attached hydrogens (tertiary/aromatic N) is 1. The van der Waals surface area contributed by atoms with Gasteiger partial charge in [-0.15, -0.1) is 0 Å². The molecule has 2 N–H and O–H groups in total. The molecule has 7 heteroatoms. The Balaban J connectivity index is 2.32. The summed E-state index contributed by atoms with van der Waals surface area (Å²) in [5, 5.41) is 18.3. The highest BCUT2D eigenvalue weighted by molar-refractivity contribution is 8.76. The van der Waals surface area contributed by atoms with E-state index in [1.165, 1.54) is 0 Å². The van der Waals surface area contributed by atoms with Crippen molar-refractivity contribution in [3.05, 3.63) is 23.5 Å². The van der Waals surface area contributed by atoms with Crippen LogP contribution in [0.15, 0.2) is 12.1 Å². The van der Waals surface area contributed by atoms with Gasteiger partial charge in [0, 0.05) is 29.7 Å². The number of ether oxygens (including phenoxy) is 1. The van der Waals surface area contributed by atoms with Crippen LogP contribution in [-0.4, -0.2) is 38.6 Å². The van der Waals surface area contributed by atoms with Gasteiger partial charge in [0.05, 0.1) is 31.2 Å². The third-order valence-electron chi connectivity index (χ3n) is 3.41. The first-order chi connectivity index (χ1) is 11.4. The Morgan fingerprint density at radius 1 is 1.21 bits per heavy atom. The summed E-state index contributed by atoms with van der Waals surface area (Å²) in [7, 11) is 3.53. The van der Waals surface area contributed by atoms with Crippen LogP contribution in [0.3, 0.4) is 0 Å². The maximum absolute atomic E-state index is 12.0. The maximum Gasteiger partial charge on any atom is 0.133 e. The molecule has 0 fully saturated rings. The van der Waals surface area contributed by atoms with Gasteiger partial charge in [-0.3, -0.25) is 9.78 Å². The third-order valence-corrected chi connectivity index (χ3v) is 6.09. The Morgan fingerprint density at radius 3 is 2.38 bits per heavy atom. The van der Waals surface area contributed by atoms with Crippen LogP contribution in [0.5, 0.6) is 5.75 Å². The topological polar surface area (TPSA) is 79.7 Å². The summed E-state index contributed by atoms with van der Waals surface area (Å²) in [6.45, 7) is 4.34. The molecule has 0 saturated carbocycles. The van der Waals surface area contributed by atoms with Gasteiger partial charge in [0.1, 0.15) is 11.5 Å². The van der Waals surface area contributed by atoms with E-state index in [-0.39, 0.29) is 23.7 Å². The molecule has 0 aliphatic rings. The molecule has 0 saturated heterocycles. The molecule has 0 amide bonds. The molecular weight excluding hydrogens is 346 g/mol. The van der Waals surface area contributed by atoms with Crippen molar-refractivity contribution in [2.24, 2.45) is 0 Å². The number of aromatic nitrogens is 1. The number of carbonyl (C=O) groups excluding carboxylic acids is 1. The SMILES string of the molecule is CSSC(C)(C)CCC(=O)CCCOc1cc(CO)nc(CO)c1. The Kier molecular flexibility index (Phi) is 9.73. The van der Waals surface area contributed by atoms with E-state index >= 15 is 0 Å². The average molecular weight is 374 g/mol. The molecule has 0 aromatic carbocycles. The zero-order chi connectivity index (χ0) is 18.0. The molecule has 0 spiro atoms. The fourth-order valence-corrected chi connectivity index (χ4v) is 4.40. The predicted molar refractivity (Wildman–Crippen MR) is 100 cm³/mol. The van der Waals surface area contributed by atoms with Crippen molar-refractivity contribution in [3.63, 3.8) is 0 Å². The largest absolute Gasteiger partial charge is 0.493 e. The van der Waals surface area contributed by atoms with Crippen LogP contribution in [0, 0.1) is 0 Å². The van der Waals surface area contributed by atoms with Gasteiger partial charge < -0.3 is 14.9 Å². The molecule has 0 aliphatic heterocycles. The number of carbonyl (C=O) groups is 1. The first kappa shape index (κ1) is 21.3. The van der Waals surface area contributed by atoms with Crippen molar-refractivity contribution < 1.29 is 19.7 Å². The van der Waals surface area contributed by atoms with Crippen LogP contribution >= 0.6 is 21.6 Å². The molecule has 24 heavy (non-hydrogen) atoms. The summed E-state index contributed by atoms with van der Waals surface area (Å²) in [5.41, 5.74) is 0.919. The standard InChI is InChI=1S/C17H27NO4S2/c1-17(2,24-23-3)7-6-15(21)5-4-8-22-16-9-13(11-19)18-14(10-16)12-20/h9-10,19-20H,4-8,11-12H2,1-3H3. The summed E-state index contributed by atoms with van der Waals surface area (Å²) >= 11 is 0. The molecule has 1 heterocycles. The van der Waals surface area contributed by atoms with Gasteiger partial charge in [-0.05, 0) is 32.9 Å². The van der Waals surface area contributed by atoms with E-state index in [9.17, 15) is 4.79 Å². The molecule has 1 rings (SSSR count). The Labute approximate surface area is 152 Å². The van der Waals surface area contributed by atoms with E-state index in [1.54, 1.807) is 33.7 Å². The number of rotatable bonds is 12. The summed E-state index contributed by atoms with van der Waals surface area (Å²) in [4.78, 5) is 16.0. The van der Waals surface area contributed by atoms with Gasteiger partial charge >= 0.3 is 0 Å². The number of ketones is 1.